The third-order valence-electron chi connectivity index (χ3n) is 3.35. The summed E-state index contributed by atoms with van der Waals surface area (Å²) in [5.74, 6) is 0.539. The van der Waals surface area contributed by atoms with E-state index in [-0.39, 0.29) is 18.6 Å². The maximum absolute atomic E-state index is 11.7. The molecule has 0 heterocycles. The maximum atomic E-state index is 11.7. The number of carbonyl (C=O) groups excluding carboxylic acids is 1. The lowest BCUT2D eigenvalue weighted by Crippen LogP contribution is -2.32. The van der Waals surface area contributed by atoms with Gasteiger partial charge < -0.3 is 15.2 Å². The summed E-state index contributed by atoms with van der Waals surface area (Å²) in [7, 11) is 0. The molecule has 0 aliphatic heterocycles. The summed E-state index contributed by atoms with van der Waals surface area (Å²) in [6, 6.07) is 4.85. The van der Waals surface area contributed by atoms with Crippen molar-refractivity contribution in [2.45, 2.75) is 25.4 Å². The van der Waals surface area contributed by atoms with E-state index in [9.17, 15) is 9.90 Å². The van der Waals surface area contributed by atoms with Gasteiger partial charge in [-0.3, -0.25) is 4.79 Å². The van der Waals surface area contributed by atoms with Crippen LogP contribution in [0.5, 0.6) is 5.75 Å². The van der Waals surface area contributed by atoms with Gasteiger partial charge >= 0.3 is 0 Å². The molecule has 1 aromatic carbocycles. The summed E-state index contributed by atoms with van der Waals surface area (Å²) in [5.41, 5.74) is 0. The largest absolute Gasteiger partial charge is 0.482 e. The second kappa shape index (κ2) is 7.16. The monoisotopic (exact) mass is 317 g/mol. The van der Waals surface area contributed by atoms with Crippen LogP contribution < -0.4 is 10.1 Å². The van der Waals surface area contributed by atoms with Crippen molar-refractivity contribution in [3.05, 3.63) is 28.2 Å². The van der Waals surface area contributed by atoms with Crippen LogP contribution in [-0.4, -0.2) is 30.3 Å². The van der Waals surface area contributed by atoms with Crippen LogP contribution >= 0.6 is 23.2 Å². The fourth-order valence-corrected chi connectivity index (χ4v) is 2.61. The first-order valence-electron chi connectivity index (χ1n) is 6.57. The number of amides is 1. The number of hydrogen-bond acceptors (Lipinski definition) is 3. The topological polar surface area (TPSA) is 58.6 Å². The average molecular weight is 318 g/mol. The van der Waals surface area contributed by atoms with E-state index in [1.807, 2.05) is 0 Å². The highest BCUT2D eigenvalue weighted by Crippen LogP contribution is 2.27. The molecule has 6 heteroatoms. The molecule has 1 aromatic rings. The van der Waals surface area contributed by atoms with E-state index in [4.69, 9.17) is 27.9 Å². The summed E-state index contributed by atoms with van der Waals surface area (Å²) in [6.07, 6.45) is 2.29. The number of halogens is 2. The van der Waals surface area contributed by atoms with Crippen molar-refractivity contribution in [3.8, 4) is 5.75 Å². The molecule has 20 heavy (non-hydrogen) atoms. The Hall–Kier alpha value is -0.970. The van der Waals surface area contributed by atoms with Crippen molar-refractivity contribution in [1.29, 1.82) is 0 Å². The Balaban J connectivity index is 1.73. The van der Waals surface area contributed by atoms with Crippen LogP contribution in [-0.2, 0) is 4.79 Å². The third-order valence-corrected chi connectivity index (χ3v) is 3.90. The van der Waals surface area contributed by atoms with Gasteiger partial charge in [-0.1, -0.05) is 23.2 Å². The first-order valence-corrected chi connectivity index (χ1v) is 7.33. The molecule has 0 aromatic heterocycles. The Kier molecular flexibility index (Phi) is 5.52. The van der Waals surface area contributed by atoms with Gasteiger partial charge in [-0.2, -0.15) is 0 Å². The van der Waals surface area contributed by atoms with E-state index >= 15 is 0 Å². The van der Waals surface area contributed by atoms with E-state index in [0.717, 1.165) is 19.3 Å². The van der Waals surface area contributed by atoms with Crippen molar-refractivity contribution < 1.29 is 14.6 Å². The minimum atomic E-state index is -0.224. The number of rotatable bonds is 5. The minimum absolute atomic E-state index is 0.102. The fourth-order valence-electron chi connectivity index (χ4n) is 2.27. The van der Waals surface area contributed by atoms with Crippen LogP contribution in [0.1, 0.15) is 19.3 Å². The van der Waals surface area contributed by atoms with Crippen LogP contribution in [0.2, 0.25) is 10.0 Å². The molecule has 4 nitrogen and oxygen atoms in total. The summed E-state index contributed by atoms with van der Waals surface area (Å²) in [4.78, 5) is 11.7. The van der Waals surface area contributed by atoms with Gasteiger partial charge in [-0.05, 0) is 37.3 Å². The number of benzene rings is 1. The molecule has 2 rings (SSSR count). The van der Waals surface area contributed by atoms with Crippen LogP contribution in [0, 0.1) is 5.92 Å². The number of hydrogen-bond donors (Lipinski definition) is 2. The molecule has 0 bridgehead atoms. The quantitative estimate of drug-likeness (QED) is 0.877. The molecule has 1 saturated carbocycles. The molecule has 2 unspecified atom stereocenters. The Bertz CT molecular complexity index is 481. The zero-order chi connectivity index (χ0) is 14.5. The van der Waals surface area contributed by atoms with E-state index in [1.54, 1.807) is 18.2 Å². The molecule has 2 N–H and O–H groups in total. The number of nitrogens with one attached hydrogen (secondary N) is 1. The predicted octanol–water partition coefficient (Wildman–Crippen LogP) is 2.65. The van der Waals surface area contributed by atoms with E-state index in [1.165, 1.54) is 0 Å². The van der Waals surface area contributed by atoms with Crippen LogP contribution in [0.4, 0.5) is 0 Å². The Morgan fingerprint density at radius 1 is 1.40 bits per heavy atom. The Labute approximate surface area is 128 Å². The molecule has 2 atom stereocenters. The van der Waals surface area contributed by atoms with Gasteiger partial charge in [0.15, 0.2) is 6.61 Å². The van der Waals surface area contributed by atoms with Crippen molar-refractivity contribution in [3.63, 3.8) is 0 Å². The molecule has 1 fully saturated rings. The van der Waals surface area contributed by atoms with Crippen molar-refractivity contribution in [2.24, 2.45) is 5.92 Å². The van der Waals surface area contributed by atoms with Crippen molar-refractivity contribution >= 4 is 29.1 Å². The molecule has 0 spiro atoms. The third kappa shape index (κ3) is 4.54. The lowest BCUT2D eigenvalue weighted by Gasteiger charge is -2.12. The zero-order valence-corrected chi connectivity index (χ0v) is 12.5. The lowest BCUT2D eigenvalue weighted by molar-refractivity contribution is -0.123. The molecular formula is C14H17Cl2NO3. The highest BCUT2D eigenvalue weighted by atomic mass is 35.5. The first kappa shape index (κ1) is 15.4. The number of aliphatic hydroxyl groups is 1. The minimum Gasteiger partial charge on any atom is -0.482 e. The van der Waals surface area contributed by atoms with Gasteiger partial charge in [0, 0.05) is 17.6 Å². The lowest BCUT2D eigenvalue weighted by atomic mass is 10.1. The second-order valence-electron chi connectivity index (χ2n) is 5.00. The van der Waals surface area contributed by atoms with Crippen LogP contribution in [0.25, 0.3) is 0 Å². The molecule has 0 saturated heterocycles. The summed E-state index contributed by atoms with van der Waals surface area (Å²) in [6.45, 7) is 0.470. The molecule has 0 radical (unpaired) electrons. The average Bonchev–Trinajstić information content (AvgIpc) is 2.83. The van der Waals surface area contributed by atoms with Gasteiger partial charge in [-0.25, -0.2) is 0 Å². The summed E-state index contributed by atoms with van der Waals surface area (Å²) < 4.78 is 5.34. The fraction of sp³-hybridized carbons (Fsp3) is 0.500. The van der Waals surface area contributed by atoms with Crippen LogP contribution in [0.15, 0.2) is 18.2 Å². The summed E-state index contributed by atoms with van der Waals surface area (Å²) >= 11 is 11.8. The number of ether oxygens (including phenoxy) is 1. The number of aliphatic hydroxyl groups excluding tert-OH is 1. The second-order valence-corrected chi connectivity index (χ2v) is 5.84. The van der Waals surface area contributed by atoms with Crippen molar-refractivity contribution in [1.82, 2.24) is 5.32 Å². The van der Waals surface area contributed by atoms with E-state index in [0.29, 0.717) is 28.3 Å². The van der Waals surface area contributed by atoms with Crippen LogP contribution in [0.3, 0.4) is 0 Å². The summed E-state index contributed by atoms with van der Waals surface area (Å²) in [5, 5.41) is 13.1. The molecule has 1 aliphatic carbocycles. The van der Waals surface area contributed by atoms with Gasteiger partial charge in [0.05, 0.1) is 11.1 Å². The van der Waals surface area contributed by atoms with E-state index < -0.39 is 0 Å². The van der Waals surface area contributed by atoms with Gasteiger partial charge in [-0.15, -0.1) is 0 Å². The number of carbonyl (C=O) groups is 1. The molecule has 1 aliphatic rings. The Morgan fingerprint density at radius 3 is 2.90 bits per heavy atom. The zero-order valence-electron chi connectivity index (χ0n) is 10.9. The van der Waals surface area contributed by atoms with Gasteiger partial charge in [0.25, 0.3) is 5.91 Å². The SMILES string of the molecule is O=C(COc1cc(Cl)ccc1Cl)NCC1CCC(O)C1. The predicted molar refractivity (Wildman–Crippen MR) is 78.3 cm³/mol. The van der Waals surface area contributed by atoms with E-state index in [2.05, 4.69) is 5.32 Å². The standard InChI is InChI=1S/C14H17Cl2NO3/c15-10-2-4-12(16)13(6-10)20-8-14(19)17-7-9-1-3-11(18)5-9/h2,4,6,9,11,18H,1,3,5,7-8H2,(H,17,19). The smallest absolute Gasteiger partial charge is 0.257 e. The highest BCUT2D eigenvalue weighted by Gasteiger charge is 2.22. The molecule has 110 valence electrons. The van der Waals surface area contributed by atoms with Gasteiger partial charge in [0.1, 0.15) is 5.75 Å². The molecular weight excluding hydrogens is 301 g/mol. The maximum Gasteiger partial charge on any atom is 0.257 e. The first-order chi connectivity index (χ1) is 9.54. The normalized spacial score (nSPS) is 21.8. The molecule has 1 amide bonds. The Morgan fingerprint density at radius 2 is 2.20 bits per heavy atom. The van der Waals surface area contributed by atoms with Gasteiger partial charge in [0.2, 0.25) is 0 Å². The van der Waals surface area contributed by atoms with Crippen molar-refractivity contribution in [2.75, 3.05) is 13.2 Å². The highest BCUT2D eigenvalue weighted by molar-refractivity contribution is 6.34.